The van der Waals surface area contributed by atoms with Gasteiger partial charge in [-0.3, -0.25) is 19.4 Å². The van der Waals surface area contributed by atoms with E-state index >= 15 is 0 Å². The van der Waals surface area contributed by atoms with Crippen LogP contribution in [0.5, 0.6) is 0 Å². The number of anilines is 1. The van der Waals surface area contributed by atoms with E-state index in [1.165, 1.54) is 6.92 Å². The van der Waals surface area contributed by atoms with Gasteiger partial charge in [0.1, 0.15) is 0 Å². The molecule has 0 aromatic heterocycles. The Hall–Kier alpha value is -2.21. The number of piperazine rings is 1. The fourth-order valence-corrected chi connectivity index (χ4v) is 3.36. The quantitative estimate of drug-likeness (QED) is 0.775. The lowest BCUT2D eigenvalue weighted by Gasteiger charge is -2.34. The molecule has 1 aliphatic rings. The molecule has 0 atom stereocenters. The Kier molecular flexibility index (Phi) is 6.61. The lowest BCUT2D eigenvalue weighted by Crippen LogP contribution is -2.48. The first-order valence-electron chi connectivity index (χ1n) is 9.10. The second-order valence-corrected chi connectivity index (χ2v) is 7.23. The Balaban J connectivity index is 1.44. The Labute approximate surface area is 164 Å². The molecule has 6 heteroatoms. The molecular formula is C21H24ClN3O2. The number of Topliss-reactive ketones (excluding diaryl/α,β-unsaturated/α-hetero) is 1. The highest BCUT2D eigenvalue weighted by molar-refractivity contribution is 6.31. The smallest absolute Gasteiger partial charge is 0.238 e. The number of nitrogens with one attached hydrogen (secondary N) is 1. The van der Waals surface area contributed by atoms with Gasteiger partial charge in [0.15, 0.2) is 5.78 Å². The van der Waals surface area contributed by atoms with Gasteiger partial charge in [0, 0.05) is 49.0 Å². The second-order valence-electron chi connectivity index (χ2n) is 6.83. The number of nitrogens with zero attached hydrogens (tertiary/aromatic N) is 2. The number of hydrogen-bond acceptors (Lipinski definition) is 4. The van der Waals surface area contributed by atoms with Gasteiger partial charge in [-0.15, -0.1) is 0 Å². The molecule has 2 aromatic carbocycles. The molecule has 0 unspecified atom stereocenters. The van der Waals surface area contributed by atoms with E-state index in [1.54, 1.807) is 24.3 Å². The average Bonchev–Trinajstić information content (AvgIpc) is 2.65. The molecule has 0 spiro atoms. The molecule has 27 heavy (non-hydrogen) atoms. The number of rotatable bonds is 6. The molecule has 0 aliphatic carbocycles. The van der Waals surface area contributed by atoms with Crippen molar-refractivity contribution in [1.29, 1.82) is 0 Å². The zero-order chi connectivity index (χ0) is 19.2. The van der Waals surface area contributed by atoms with Gasteiger partial charge in [-0.1, -0.05) is 29.8 Å². The predicted molar refractivity (Wildman–Crippen MR) is 108 cm³/mol. The average molecular weight is 386 g/mol. The van der Waals surface area contributed by atoms with E-state index in [-0.39, 0.29) is 11.7 Å². The maximum absolute atomic E-state index is 12.3. The zero-order valence-corrected chi connectivity index (χ0v) is 16.2. The van der Waals surface area contributed by atoms with Gasteiger partial charge in [0.25, 0.3) is 0 Å². The van der Waals surface area contributed by atoms with Gasteiger partial charge in [-0.2, -0.15) is 0 Å². The third-order valence-electron chi connectivity index (χ3n) is 4.76. The summed E-state index contributed by atoms with van der Waals surface area (Å²) in [5, 5.41) is 3.69. The van der Waals surface area contributed by atoms with Crippen molar-refractivity contribution < 1.29 is 9.59 Å². The minimum Gasteiger partial charge on any atom is -0.325 e. The van der Waals surface area contributed by atoms with Crippen molar-refractivity contribution >= 4 is 29.0 Å². The van der Waals surface area contributed by atoms with Crippen molar-refractivity contribution in [2.45, 2.75) is 13.5 Å². The van der Waals surface area contributed by atoms with Crippen LogP contribution in [-0.4, -0.2) is 54.2 Å². The lowest BCUT2D eigenvalue weighted by atomic mass is 10.1. The van der Waals surface area contributed by atoms with Crippen LogP contribution in [0.1, 0.15) is 22.8 Å². The van der Waals surface area contributed by atoms with Crippen LogP contribution in [0.2, 0.25) is 5.02 Å². The van der Waals surface area contributed by atoms with E-state index < -0.39 is 0 Å². The summed E-state index contributed by atoms with van der Waals surface area (Å²) in [6.45, 7) is 6.25. The van der Waals surface area contributed by atoms with E-state index in [0.717, 1.165) is 43.3 Å². The van der Waals surface area contributed by atoms with E-state index in [2.05, 4.69) is 21.2 Å². The lowest BCUT2D eigenvalue weighted by molar-refractivity contribution is -0.117. The molecular weight excluding hydrogens is 362 g/mol. The fraction of sp³-hybridized carbons (Fsp3) is 0.333. The molecule has 5 nitrogen and oxygen atoms in total. The summed E-state index contributed by atoms with van der Waals surface area (Å²) in [5.74, 6) is -0.0207. The maximum atomic E-state index is 12.3. The first-order valence-corrected chi connectivity index (χ1v) is 9.48. The normalized spacial score (nSPS) is 15.5. The molecule has 0 saturated carbocycles. The van der Waals surface area contributed by atoms with Crippen molar-refractivity contribution in [2.75, 3.05) is 38.0 Å². The molecule has 1 amide bonds. The molecule has 0 radical (unpaired) electrons. The second kappa shape index (κ2) is 9.13. The van der Waals surface area contributed by atoms with Crippen molar-refractivity contribution in [3.63, 3.8) is 0 Å². The highest BCUT2D eigenvalue weighted by atomic mass is 35.5. The van der Waals surface area contributed by atoms with Gasteiger partial charge < -0.3 is 5.32 Å². The number of carbonyl (C=O) groups is 2. The number of amides is 1. The minimum atomic E-state index is -0.0369. The van der Waals surface area contributed by atoms with Crippen molar-refractivity contribution in [3.8, 4) is 0 Å². The van der Waals surface area contributed by atoms with Crippen LogP contribution in [0.25, 0.3) is 0 Å². The van der Waals surface area contributed by atoms with Crippen LogP contribution < -0.4 is 5.32 Å². The van der Waals surface area contributed by atoms with E-state index in [0.29, 0.717) is 17.8 Å². The largest absolute Gasteiger partial charge is 0.325 e. The Morgan fingerprint density at radius 1 is 0.963 bits per heavy atom. The third-order valence-corrected chi connectivity index (χ3v) is 5.13. The summed E-state index contributed by atoms with van der Waals surface area (Å²) in [7, 11) is 0. The first kappa shape index (κ1) is 19.5. The van der Waals surface area contributed by atoms with E-state index in [1.807, 2.05) is 18.2 Å². The number of halogens is 1. The number of hydrogen-bond donors (Lipinski definition) is 1. The van der Waals surface area contributed by atoms with Crippen LogP contribution >= 0.6 is 11.6 Å². The Morgan fingerprint density at radius 3 is 2.22 bits per heavy atom. The van der Waals surface area contributed by atoms with Gasteiger partial charge in [0.05, 0.1) is 6.54 Å². The standard InChI is InChI=1S/C21H24ClN3O2/c1-16(26)17-6-8-19(9-7-17)23-21(27)15-25-12-10-24(11-13-25)14-18-4-2-3-5-20(18)22/h2-9H,10-15H2,1H3,(H,23,27). The number of carbonyl (C=O) groups excluding carboxylic acids is 2. The highest BCUT2D eigenvalue weighted by Gasteiger charge is 2.19. The van der Waals surface area contributed by atoms with Crippen molar-refractivity contribution in [1.82, 2.24) is 9.80 Å². The SMILES string of the molecule is CC(=O)c1ccc(NC(=O)CN2CCN(Cc3ccccc3Cl)CC2)cc1. The summed E-state index contributed by atoms with van der Waals surface area (Å²) in [4.78, 5) is 28.1. The van der Waals surface area contributed by atoms with Gasteiger partial charge >= 0.3 is 0 Å². The summed E-state index contributed by atoms with van der Waals surface area (Å²) in [6.07, 6.45) is 0. The fourth-order valence-electron chi connectivity index (χ4n) is 3.16. The summed E-state index contributed by atoms with van der Waals surface area (Å²) < 4.78 is 0. The topological polar surface area (TPSA) is 52.7 Å². The zero-order valence-electron chi connectivity index (χ0n) is 15.5. The first-order chi connectivity index (χ1) is 13.0. The van der Waals surface area contributed by atoms with Gasteiger partial charge in [-0.25, -0.2) is 0 Å². The minimum absolute atomic E-state index is 0.0162. The maximum Gasteiger partial charge on any atom is 0.238 e. The van der Waals surface area contributed by atoms with Gasteiger partial charge in [-0.05, 0) is 42.8 Å². The molecule has 1 aliphatic heterocycles. The molecule has 0 bridgehead atoms. The van der Waals surface area contributed by atoms with Crippen molar-refractivity contribution in [2.24, 2.45) is 0 Å². The molecule has 1 N–H and O–H groups in total. The highest BCUT2D eigenvalue weighted by Crippen LogP contribution is 2.18. The Bertz CT molecular complexity index is 799. The predicted octanol–water partition coefficient (Wildman–Crippen LogP) is 3.30. The van der Waals surface area contributed by atoms with Gasteiger partial charge in [0.2, 0.25) is 5.91 Å². The summed E-state index contributed by atoms with van der Waals surface area (Å²) in [5.41, 5.74) is 2.49. The molecule has 1 heterocycles. The number of ketones is 1. The molecule has 1 fully saturated rings. The van der Waals surface area contributed by atoms with E-state index in [9.17, 15) is 9.59 Å². The molecule has 1 saturated heterocycles. The van der Waals surface area contributed by atoms with Crippen LogP contribution in [0.4, 0.5) is 5.69 Å². The summed E-state index contributed by atoms with van der Waals surface area (Å²) in [6, 6.07) is 14.9. The molecule has 3 rings (SSSR count). The van der Waals surface area contributed by atoms with Crippen LogP contribution in [0.15, 0.2) is 48.5 Å². The van der Waals surface area contributed by atoms with E-state index in [4.69, 9.17) is 11.6 Å². The molecule has 142 valence electrons. The monoisotopic (exact) mass is 385 g/mol. The van der Waals surface area contributed by atoms with Crippen molar-refractivity contribution in [3.05, 3.63) is 64.7 Å². The van der Waals surface area contributed by atoms with Crippen LogP contribution in [-0.2, 0) is 11.3 Å². The third kappa shape index (κ3) is 5.63. The Morgan fingerprint density at radius 2 is 1.59 bits per heavy atom. The number of benzene rings is 2. The van der Waals surface area contributed by atoms with Crippen LogP contribution in [0, 0.1) is 0 Å². The summed E-state index contributed by atoms with van der Waals surface area (Å²) >= 11 is 6.24. The molecule has 2 aromatic rings. The van der Waals surface area contributed by atoms with Crippen LogP contribution in [0.3, 0.4) is 0 Å².